The molecule has 1 saturated heterocycles. The number of cyclic esters (lactones) is 1. The van der Waals surface area contributed by atoms with Gasteiger partial charge in [-0.25, -0.2) is 4.79 Å². The summed E-state index contributed by atoms with van der Waals surface area (Å²) in [5, 5.41) is 10.1. The van der Waals surface area contributed by atoms with Crippen molar-refractivity contribution in [3.8, 4) is 0 Å². The molecule has 1 fully saturated rings. The standard InChI is InChI=1S/C17H17ClN4O3S/c18-14-5-4-13(26-14)16(23)21-8-12-9-22(17(24)25-12)11-3-1-2-10(6-11)7-15(19)20/h1-6,12H,7-9H2,(H3,19,20)(H,21,23). The number of amidine groups is 1. The van der Waals surface area contributed by atoms with Crippen molar-refractivity contribution in [1.82, 2.24) is 5.32 Å². The number of nitrogens with two attached hydrogens (primary N) is 1. The van der Waals surface area contributed by atoms with Crippen molar-refractivity contribution in [3.05, 3.63) is 51.2 Å². The van der Waals surface area contributed by atoms with Crippen molar-refractivity contribution < 1.29 is 14.3 Å². The molecule has 2 heterocycles. The van der Waals surface area contributed by atoms with Gasteiger partial charge in [0.25, 0.3) is 5.91 Å². The van der Waals surface area contributed by atoms with E-state index in [1.54, 1.807) is 30.3 Å². The Morgan fingerprint density at radius 3 is 2.92 bits per heavy atom. The monoisotopic (exact) mass is 392 g/mol. The number of thiophene rings is 1. The smallest absolute Gasteiger partial charge is 0.414 e. The average molecular weight is 393 g/mol. The van der Waals surface area contributed by atoms with E-state index in [4.69, 9.17) is 27.5 Å². The molecule has 1 aromatic carbocycles. The fourth-order valence-corrected chi connectivity index (χ4v) is 3.58. The van der Waals surface area contributed by atoms with Gasteiger partial charge in [0, 0.05) is 12.1 Å². The number of hydrogen-bond donors (Lipinski definition) is 3. The Balaban J connectivity index is 1.60. The summed E-state index contributed by atoms with van der Waals surface area (Å²) in [6.07, 6.45) is -0.596. The molecular weight excluding hydrogens is 376 g/mol. The molecule has 0 saturated carbocycles. The van der Waals surface area contributed by atoms with E-state index in [1.807, 2.05) is 6.07 Å². The van der Waals surface area contributed by atoms with Crippen molar-refractivity contribution in [2.75, 3.05) is 18.0 Å². The minimum absolute atomic E-state index is 0.0559. The largest absolute Gasteiger partial charge is 0.442 e. The van der Waals surface area contributed by atoms with Gasteiger partial charge in [0.15, 0.2) is 0 Å². The molecule has 1 unspecified atom stereocenters. The lowest BCUT2D eigenvalue weighted by Crippen LogP contribution is -2.34. The van der Waals surface area contributed by atoms with Crippen LogP contribution in [0.25, 0.3) is 0 Å². The molecular formula is C17H17ClN4O3S. The minimum Gasteiger partial charge on any atom is -0.442 e. The summed E-state index contributed by atoms with van der Waals surface area (Å²) in [6, 6.07) is 10.5. The molecule has 7 nitrogen and oxygen atoms in total. The van der Waals surface area contributed by atoms with Gasteiger partial charge in [0.2, 0.25) is 0 Å². The van der Waals surface area contributed by atoms with Crippen molar-refractivity contribution in [2.45, 2.75) is 12.5 Å². The first-order valence-corrected chi connectivity index (χ1v) is 9.05. The maximum absolute atomic E-state index is 12.1. The van der Waals surface area contributed by atoms with Gasteiger partial charge >= 0.3 is 6.09 Å². The molecule has 1 atom stereocenters. The number of anilines is 1. The molecule has 1 aromatic heterocycles. The van der Waals surface area contributed by atoms with E-state index >= 15 is 0 Å². The first-order valence-electron chi connectivity index (χ1n) is 7.86. The highest BCUT2D eigenvalue weighted by atomic mass is 35.5. The van der Waals surface area contributed by atoms with Gasteiger partial charge in [-0.1, -0.05) is 23.7 Å². The molecule has 0 spiro atoms. The summed E-state index contributed by atoms with van der Waals surface area (Å²) >= 11 is 7.01. The number of nitrogens with one attached hydrogen (secondary N) is 2. The Kier molecular flexibility index (Phi) is 5.43. The highest BCUT2D eigenvalue weighted by molar-refractivity contribution is 7.17. The third kappa shape index (κ3) is 4.33. The lowest BCUT2D eigenvalue weighted by Gasteiger charge is -2.14. The zero-order valence-corrected chi connectivity index (χ0v) is 15.3. The van der Waals surface area contributed by atoms with Crippen LogP contribution in [0.3, 0.4) is 0 Å². The van der Waals surface area contributed by atoms with Crippen LogP contribution in [0, 0.1) is 5.41 Å². The van der Waals surface area contributed by atoms with E-state index in [0.717, 1.165) is 5.56 Å². The first-order chi connectivity index (χ1) is 12.4. The fraction of sp³-hybridized carbons (Fsp3) is 0.235. The van der Waals surface area contributed by atoms with Crippen LogP contribution in [0.1, 0.15) is 15.2 Å². The third-order valence-electron chi connectivity index (χ3n) is 3.78. The highest BCUT2D eigenvalue weighted by Gasteiger charge is 2.32. The molecule has 0 radical (unpaired) electrons. The van der Waals surface area contributed by atoms with E-state index in [-0.39, 0.29) is 18.3 Å². The number of amides is 2. The van der Waals surface area contributed by atoms with Gasteiger partial charge in [-0.2, -0.15) is 0 Å². The molecule has 1 aliphatic rings. The molecule has 0 aliphatic carbocycles. The summed E-state index contributed by atoms with van der Waals surface area (Å²) in [7, 11) is 0. The summed E-state index contributed by atoms with van der Waals surface area (Å²) in [4.78, 5) is 26.2. The maximum Gasteiger partial charge on any atom is 0.414 e. The Morgan fingerprint density at radius 1 is 1.42 bits per heavy atom. The molecule has 9 heteroatoms. The van der Waals surface area contributed by atoms with Gasteiger partial charge in [0.1, 0.15) is 6.10 Å². The van der Waals surface area contributed by atoms with E-state index in [1.165, 1.54) is 16.2 Å². The average Bonchev–Trinajstić information content (AvgIpc) is 3.18. The van der Waals surface area contributed by atoms with E-state index in [9.17, 15) is 9.59 Å². The number of halogens is 1. The Morgan fingerprint density at radius 2 is 2.23 bits per heavy atom. The van der Waals surface area contributed by atoms with Crippen LogP contribution < -0.4 is 16.0 Å². The first kappa shape index (κ1) is 18.2. The zero-order chi connectivity index (χ0) is 18.7. The van der Waals surface area contributed by atoms with Crippen LogP contribution in [0.5, 0.6) is 0 Å². The molecule has 0 bridgehead atoms. The van der Waals surface area contributed by atoms with E-state index in [2.05, 4.69) is 5.32 Å². The topological polar surface area (TPSA) is 109 Å². The molecule has 136 valence electrons. The van der Waals surface area contributed by atoms with Gasteiger partial charge < -0.3 is 15.8 Å². The van der Waals surface area contributed by atoms with Crippen molar-refractivity contribution in [1.29, 1.82) is 5.41 Å². The number of ether oxygens (including phenoxy) is 1. The molecule has 3 rings (SSSR count). The normalized spacial score (nSPS) is 16.4. The molecule has 2 aromatic rings. The number of benzene rings is 1. The van der Waals surface area contributed by atoms with Gasteiger partial charge in [-0.15, -0.1) is 11.3 Å². The number of rotatable bonds is 6. The quantitative estimate of drug-likeness (QED) is 0.518. The second-order valence-corrected chi connectivity index (χ2v) is 7.52. The van der Waals surface area contributed by atoms with Crippen molar-refractivity contribution >= 4 is 46.5 Å². The Labute approximate surface area is 159 Å². The highest BCUT2D eigenvalue weighted by Crippen LogP contribution is 2.23. The summed E-state index contributed by atoms with van der Waals surface area (Å²) in [5.41, 5.74) is 6.94. The van der Waals surface area contributed by atoms with Crippen LogP contribution in [0.4, 0.5) is 10.5 Å². The zero-order valence-electron chi connectivity index (χ0n) is 13.7. The van der Waals surface area contributed by atoms with Crippen LogP contribution in [0.2, 0.25) is 4.34 Å². The third-order valence-corrected chi connectivity index (χ3v) is 5.01. The lowest BCUT2D eigenvalue weighted by molar-refractivity contribution is 0.0920. The van der Waals surface area contributed by atoms with Gasteiger partial charge in [-0.05, 0) is 29.8 Å². The maximum atomic E-state index is 12.1. The van der Waals surface area contributed by atoms with Gasteiger partial charge in [0.05, 0.1) is 28.1 Å². The predicted molar refractivity (Wildman–Crippen MR) is 101 cm³/mol. The van der Waals surface area contributed by atoms with Gasteiger partial charge in [-0.3, -0.25) is 15.1 Å². The number of hydrogen-bond acceptors (Lipinski definition) is 5. The second kappa shape index (κ2) is 7.76. The lowest BCUT2D eigenvalue weighted by atomic mass is 10.1. The van der Waals surface area contributed by atoms with E-state index in [0.29, 0.717) is 27.9 Å². The van der Waals surface area contributed by atoms with Crippen molar-refractivity contribution in [3.63, 3.8) is 0 Å². The Bertz CT molecular complexity index is 854. The summed E-state index contributed by atoms with van der Waals surface area (Å²) in [5.74, 6) is -0.194. The molecule has 2 amide bonds. The number of carbonyl (C=O) groups excluding carboxylic acids is 2. The molecule has 1 aliphatic heterocycles. The number of carbonyl (C=O) groups is 2. The summed E-state index contributed by atoms with van der Waals surface area (Å²) < 4.78 is 5.86. The van der Waals surface area contributed by atoms with Crippen LogP contribution in [0.15, 0.2) is 36.4 Å². The van der Waals surface area contributed by atoms with E-state index < -0.39 is 12.2 Å². The Hall–Kier alpha value is -2.58. The fourth-order valence-electron chi connectivity index (χ4n) is 2.62. The SMILES string of the molecule is N=C(N)Cc1cccc(N2CC(CNC(=O)c3ccc(Cl)s3)OC2=O)c1. The summed E-state index contributed by atoms with van der Waals surface area (Å²) in [6.45, 7) is 0.539. The van der Waals surface area contributed by atoms with Crippen LogP contribution in [-0.4, -0.2) is 37.0 Å². The van der Waals surface area contributed by atoms with Crippen LogP contribution in [-0.2, 0) is 11.2 Å². The minimum atomic E-state index is -0.469. The second-order valence-electron chi connectivity index (χ2n) is 5.80. The molecule has 4 N–H and O–H groups in total. The number of nitrogens with zero attached hydrogens (tertiary/aromatic N) is 1. The van der Waals surface area contributed by atoms with Crippen LogP contribution >= 0.6 is 22.9 Å². The van der Waals surface area contributed by atoms with Crippen molar-refractivity contribution in [2.24, 2.45) is 5.73 Å². The predicted octanol–water partition coefficient (Wildman–Crippen LogP) is 2.64. The molecule has 26 heavy (non-hydrogen) atoms.